The minimum Gasteiger partial charge on any atom is -0.467 e. The molecule has 0 saturated heterocycles. The average molecular weight is 291 g/mol. The van der Waals surface area contributed by atoms with Gasteiger partial charge in [0.25, 0.3) is 0 Å². The Balaban J connectivity index is 2.37. The lowest BCUT2D eigenvalue weighted by molar-refractivity contribution is 0.0503. The molecule has 2 rings (SSSR count). The first-order valence-corrected chi connectivity index (χ1v) is 6.52. The Labute approximate surface area is 123 Å². The third-order valence-electron chi connectivity index (χ3n) is 2.82. The lowest BCUT2D eigenvalue weighted by atomic mass is 10.0. The fraction of sp³-hybridized carbons (Fsp3) is 0.188. The SMILES string of the molecule is COCOc1ccc(C)cc1C(=O)c1ccc(Cl)cc1. The molecule has 2 aromatic rings. The standard InChI is InChI=1S/C16H15ClO3/c1-11-3-8-15(20-10-19-2)14(9-11)16(18)12-4-6-13(17)7-5-12/h3-9H,10H2,1-2H3. The maximum absolute atomic E-state index is 12.5. The second-order valence-corrected chi connectivity index (χ2v) is 4.82. The number of benzene rings is 2. The number of carbonyl (C=O) groups is 1. The topological polar surface area (TPSA) is 35.5 Å². The number of carbonyl (C=O) groups excluding carboxylic acids is 1. The van der Waals surface area contributed by atoms with Crippen LogP contribution in [0.2, 0.25) is 5.02 Å². The summed E-state index contributed by atoms with van der Waals surface area (Å²) in [4.78, 5) is 12.5. The molecule has 0 radical (unpaired) electrons. The number of aryl methyl sites for hydroxylation is 1. The van der Waals surface area contributed by atoms with Crippen LogP contribution in [0.1, 0.15) is 21.5 Å². The summed E-state index contributed by atoms with van der Waals surface area (Å²) in [5.41, 5.74) is 2.08. The number of methoxy groups -OCH3 is 1. The third kappa shape index (κ3) is 3.38. The predicted octanol–water partition coefficient (Wildman–Crippen LogP) is 3.86. The summed E-state index contributed by atoms with van der Waals surface area (Å²) in [6, 6.07) is 12.3. The van der Waals surface area contributed by atoms with E-state index in [1.165, 1.54) is 7.11 Å². The van der Waals surface area contributed by atoms with Crippen LogP contribution in [0.3, 0.4) is 0 Å². The quantitative estimate of drug-likeness (QED) is 0.619. The zero-order valence-electron chi connectivity index (χ0n) is 11.4. The monoisotopic (exact) mass is 290 g/mol. The summed E-state index contributed by atoms with van der Waals surface area (Å²) in [5.74, 6) is 0.411. The first kappa shape index (κ1) is 14.6. The van der Waals surface area contributed by atoms with Gasteiger partial charge in [-0.2, -0.15) is 0 Å². The molecule has 3 nitrogen and oxygen atoms in total. The van der Waals surface area contributed by atoms with Gasteiger partial charge in [0.2, 0.25) is 0 Å². The molecule has 4 heteroatoms. The molecule has 0 N–H and O–H groups in total. The Bertz CT molecular complexity index is 606. The maximum atomic E-state index is 12.5. The molecule has 0 amide bonds. The van der Waals surface area contributed by atoms with Gasteiger partial charge < -0.3 is 9.47 Å². The smallest absolute Gasteiger partial charge is 0.196 e. The normalized spacial score (nSPS) is 10.3. The molecular weight excluding hydrogens is 276 g/mol. The minimum atomic E-state index is -0.100. The Kier molecular flexibility index (Phi) is 4.77. The Hall–Kier alpha value is -1.84. The number of halogens is 1. The highest BCUT2D eigenvalue weighted by molar-refractivity contribution is 6.30. The van der Waals surface area contributed by atoms with Crippen molar-refractivity contribution in [1.29, 1.82) is 0 Å². The number of hydrogen-bond donors (Lipinski definition) is 0. The zero-order chi connectivity index (χ0) is 14.5. The van der Waals surface area contributed by atoms with E-state index < -0.39 is 0 Å². The summed E-state index contributed by atoms with van der Waals surface area (Å²) in [7, 11) is 1.54. The van der Waals surface area contributed by atoms with Crippen molar-refractivity contribution in [3.8, 4) is 5.75 Å². The van der Waals surface area contributed by atoms with Gasteiger partial charge >= 0.3 is 0 Å². The molecule has 0 aliphatic rings. The van der Waals surface area contributed by atoms with E-state index in [2.05, 4.69) is 0 Å². The number of hydrogen-bond acceptors (Lipinski definition) is 3. The molecule has 0 heterocycles. The molecule has 0 spiro atoms. The Morgan fingerprint density at radius 2 is 1.85 bits per heavy atom. The summed E-state index contributed by atoms with van der Waals surface area (Å²) in [5, 5.41) is 0.599. The van der Waals surface area contributed by atoms with Crippen molar-refractivity contribution < 1.29 is 14.3 Å². The summed E-state index contributed by atoms with van der Waals surface area (Å²) < 4.78 is 10.3. The van der Waals surface area contributed by atoms with Crippen LogP contribution in [0.4, 0.5) is 0 Å². The highest BCUT2D eigenvalue weighted by atomic mass is 35.5. The van der Waals surface area contributed by atoms with Crippen molar-refractivity contribution in [1.82, 2.24) is 0 Å². The van der Waals surface area contributed by atoms with Crippen molar-refractivity contribution in [3.05, 3.63) is 64.2 Å². The Morgan fingerprint density at radius 3 is 2.50 bits per heavy atom. The fourth-order valence-corrected chi connectivity index (χ4v) is 1.95. The first-order chi connectivity index (χ1) is 9.61. The van der Waals surface area contributed by atoms with Gasteiger partial charge in [-0.05, 0) is 43.3 Å². The summed E-state index contributed by atoms with van der Waals surface area (Å²) in [6.07, 6.45) is 0. The molecule has 0 saturated carbocycles. The average Bonchev–Trinajstić information content (AvgIpc) is 2.46. The third-order valence-corrected chi connectivity index (χ3v) is 3.07. The van der Waals surface area contributed by atoms with Gasteiger partial charge in [-0.3, -0.25) is 4.79 Å². The number of ketones is 1. The molecule has 0 aliphatic carbocycles. The fourth-order valence-electron chi connectivity index (χ4n) is 1.83. The number of rotatable bonds is 5. The van der Waals surface area contributed by atoms with Gasteiger partial charge in [0.15, 0.2) is 12.6 Å². The minimum absolute atomic E-state index is 0.100. The van der Waals surface area contributed by atoms with E-state index in [4.69, 9.17) is 21.1 Å². The molecule has 0 unspecified atom stereocenters. The van der Waals surface area contributed by atoms with Gasteiger partial charge in [0, 0.05) is 17.7 Å². The van der Waals surface area contributed by atoms with Gasteiger partial charge in [0.1, 0.15) is 5.75 Å². The lowest BCUT2D eigenvalue weighted by Gasteiger charge is -2.11. The van der Waals surface area contributed by atoms with Crippen molar-refractivity contribution >= 4 is 17.4 Å². The van der Waals surface area contributed by atoms with Gasteiger partial charge in [-0.1, -0.05) is 23.2 Å². The van der Waals surface area contributed by atoms with Crippen molar-refractivity contribution in [2.75, 3.05) is 13.9 Å². The Morgan fingerprint density at radius 1 is 1.15 bits per heavy atom. The van der Waals surface area contributed by atoms with Crippen molar-refractivity contribution in [2.45, 2.75) is 6.92 Å². The van der Waals surface area contributed by atoms with Crippen LogP contribution in [0.25, 0.3) is 0 Å². The molecule has 0 bridgehead atoms. The van der Waals surface area contributed by atoms with Crippen molar-refractivity contribution in [2.24, 2.45) is 0 Å². The molecular formula is C16H15ClO3. The second kappa shape index (κ2) is 6.55. The largest absolute Gasteiger partial charge is 0.467 e. The molecule has 0 aromatic heterocycles. The van der Waals surface area contributed by atoms with E-state index in [1.807, 2.05) is 19.1 Å². The van der Waals surface area contributed by atoms with Crippen molar-refractivity contribution in [3.63, 3.8) is 0 Å². The first-order valence-electron chi connectivity index (χ1n) is 6.14. The van der Waals surface area contributed by atoms with E-state index in [9.17, 15) is 4.79 Å². The predicted molar refractivity (Wildman–Crippen MR) is 78.6 cm³/mol. The highest BCUT2D eigenvalue weighted by Crippen LogP contribution is 2.24. The molecule has 104 valence electrons. The van der Waals surface area contributed by atoms with E-state index in [0.29, 0.717) is 21.9 Å². The molecule has 20 heavy (non-hydrogen) atoms. The van der Waals surface area contributed by atoms with Crippen LogP contribution < -0.4 is 4.74 Å². The van der Waals surface area contributed by atoms with Gasteiger partial charge in [-0.15, -0.1) is 0 Å². The lowest BCUT2D eigenvalue weighted by Crippen LogP contribution is -2.07. The van der Waals surface area contributed by atoms with E-state index >= 15 is 0 Å². The van der Waals surface area contributed by atoms with E-state index in [-0.39, 0.29) is 12.6 Å². The van der Waals surface area contributed by atoms with Crippen LogP contribution >= 0.6 is 11.6 Å². The zero-order valence-corrected chi connectivity index (χ0v) is 12.1. The molecule has 0 atom stereocenters. The van der Waals surface area contributed by atoms with Gasteiger partial charge in [-0.25, -0.2) is 0 Å². The van der Waals surface area contributed by atoms with Crippen LogP contribution in [0, 0.1) is 6.92 Å². The molecule has 2 aromatic carbocycles. The highest BCUT2D eigenvalue weighted by Gasteiger charge is 2.15. The summed E-state index contributed by atoms with van der Waals surface area (Å²) >= 11 is 5.83. The summed E-state index contributed by atoms with van der Waals surface area (Å²) in [6.45, 7) is 2.03. The number of ether oxygens (including phenoxy) is 2. The second-order valence-electron chi connectivity index (χ2n) is 4.39. The van der Waals surface area contributed by atoms with Gasteiger partial charge in [0.05, 0.1) is 5.56 Å². The molecule has 0 aliphatic heterocycles. The van der Waals surface area contributed by atoms with E-state index in [0.717, 1.165) is 5.56 Å². The van der Waals surface area contributed by atoms with Crippen LogP contribution in [-0.4, -0.2) is 19.7 Å². The van der Waals surface area contributed by atoms with Crippen LogP contribution in [-0.2, 0) is 4.74 Å². The van der Waals surface area contributed by atoms with Crippen LogP contribution in [0.5, 0.6) is 5.75 Å². The van der Waals surface area contributed by atoms with Crippen LogP contribution in [0.15, 0.2) is 42.5 Å². The maximum Gasteiger partial charge on any atom is 0.196 e. The molecule has 0 fully saturated rings. The van der Waals surface area contributed by atoms with E-state index in [1.54, 1.807) is 30.3 Å².